The van der Waals surface area contributed by atoms with Crippen molar-refractivity contribution in [2.45, 2.75) is 6.10 Å². The standard InChI is InChI=1S/C14H9Cl2FO3/c15-8-4-7(5-9(16)6-8)10-2-1-3-11(12(10)17)13(18)14(19)20/h1-6,13,18H,(H,19,20). The second kappa shape index (κ2) is 5.79. The molecule has 2 aromatic carbocycles. The van der Waals surface area contributed by atoms with Crippen LogP contribution in [0.25, 0.3) is 11.1 Å². The first-order valence-electron chi connectivity index (χ1n) is 5.56. The van der Waals surface area contributed by atoms with Crippen LogP contribution in [-0.2, 0) is 4.79 Å². The third kappa shape index (κ3) is 2.93. The van der Waals surface area contributed by atoms with E-state index < -0.39 is 17.9 Å². The fourth-order valence-electron chi connectivity index (χ4n) is 1.83. The number of benzene rings is 2. The van der Waals surface area contributed by atoms with Crippen LogP contribution in [0.4, 0.5) is 4.39 Å². The molecular weight excluding hydrogens is 306 g/mol. The van der Waals surface area contributed by atoms with Crippen molar-refractivity contribution in [3.63, 3.8) is 0 Å². The number of aliphatic hydroxyl groups is 1. The molecule has 0 fully saturated rings. The van der Waals surface area contributed by atoms with Gasteiger partial charge >= 0.3 is 5.97 Å². The maximum absolute atomic E-state index is 14.3. The number of aliphatic hydroxyl groups excluding tert-OH is 1. The molecule has 0 spiro atoms. The van der Waals surface area contributed by atoms with Crippen LogP contribution in [0.2, 0.25) is 10.0 Å². The summed E-state index contributed by atoms with van der Waals surface area (Å²) < 4.78 is 14.3. The van der Waals surface area contributed by atoms with Crippen LogP contribution in [0.1, 0.15) is 11.7 Å². The Balaban J connectivity index is 2.58. The Hall–Kier alpha value is -1.62. The molecule has 2 rings (SSSR count). The van der Waals surface area contributed by atoms with Crippen LogP contribution < -0.4 is 0 Å². The molecule has 0 heterocycles. The van der Waals surface area contributed by atoms with Crippen molar-refractivity contribution in [1.29, 1.82) is 0 Å². The molecule has 0 amide bonds. The van der Waals surface area contributed by atoms with Gasteiger partial charge in [0.25, 0.3) is 0 Å². The molecule has 0 bridgehead atoms. The van der Waals surface area contributed by atoms with Gasteiger partial charge in [0.15, 0.2) is 6.10 Å². The molecule has 0 saturated heterocycles. The van der Waals surface area contributed by atoms with Crippen LogP contribution >= 0.6 is 23.2 Å². The summed E-state index contributed by atoms with van der Waals surface area (Å²) >= 11 is 11.7. The molecule has 0 aromatic heterocycles. The van der Waals surface area contributed by atoms with Crippen molar-refractivity contribution in [2.75, 3.05) is 0 Å². The number of carboxylic acids is 1. The third-order valence-corrected chi connectivity index (χ3v) is 3.17. The van der Waals surface area contributed by atoms with Crippen molar-refractivity contribution in [1.82, 2.24) is 0 Å². The lowest BCUT2D eigenvalue weighted by Crippen LogP contribution is -2.12. The Morgan fingerprint density at radius 1 is 1.15 bits per heavy atom. The first-order chi connectivity index (χ1) is 9.40. The van der Waals surface area contributed by atoms with Gasteiger partial charge in [-0.1, -0.05) is 41.4 Å². The van der Waals surface area contributed by atoms with Gasteiger partial charge in [0.1, 0.15) is 5.82 Å². The Morgan fingerprint density at radius 3 is 2.30 bits per heavy atom. The number of hydrogen-bond acceptors (Lipinski definition) is 2. The van der Waals surface area contributed by atoms with Crippen LogP contribution in [0.15, 0.2) is 36.4 Å². The van der Waals surface area contributed by atoms with Crippen LogP contribution in [0.5, 0.6) is 0 Å². The minimum Gasteiger partial charge on any atom is -0.479 e. The normalized spacial score (nSPS) is 12.2. The number of halogens is 3. The molecule has 6 heteroatoms. The lowest BCUT2D eigenvalue weighted by atomic mass is 9.99. The summed E-state index contributed by atoms with van der Waals surface area (Å²) in [6.07, 6.45) is -1.93. The predicted octanol–water partition coefficient (Wildman–Crippen LogP) is 3.92. The lowest BCUT2D eigenvalue weighted by Gasteiger charge is -2.11. The summed E-state index contributed by atoms with van der Waals surface area (Å²) in [7, 11) is 0. The third-order valence-electron chi connectivity index (χ3n) is 2.73. The first-order valence-corrected chi connectivity index (χ1v) is 6.31. The predicted molar refractivity (Wildman–Crippen MR) is 74.5 cm³/mol. The van der Waals surface area contributed by atoms with Gasteiger partial charge in [-0.05, 0) is 23.8 Å². The zero-order valence-corrected chi connectivity index (χ0v) is 11.5. The van der Waals surface area contributed by atoms with Crippen molar-refractivity contribution in [2.24, 2.45) is 0 Å². The Labute approximate surface area is 124 Å². The molecule has 0 radical (unpaired) electrons. The molecule has 1 atom stereocenters. The Bertz CT molecular complexity index is 653. The van der Waals surface area contributed by atoms with E-state index in [2.05, 4.69) is 0 Å². The second-order valence-electron chi connectivity index (χ2n) is 4.11. The van der Waals surface area contributed by atoms with E-state index in [0.29, 0.717) is 15.6 Å². The Kier molecular flexibility index (Phi) is 4.28. The summed E-state index contributed by atoms with van der Waals surface area (Å²) in [5.74, 6) is -2.34. The molecule has 1 unspecified atom stereocenters. The number of hydrogen-bond donors (Lipinski definition) is 2. The van der Waals surface area contributed by atoms with Crippen LogP contribution in [0, 0.1) is 5.82 Å². The SMILES string of the molecule is O=C(O)C(O)c1cccc(-c2cc(Cl)cc(Cl)c2)c1F. The fraction of sp³-hybridized carbons (Fsp3) is 0.0714. The van der Waals surface area contributed by atoms with Crippen molar-refractivity contribution in [3.8, 4) is 11.1 Å². The highest BCUT2D eigenvalue weighted by Gasteiger charge is 2.22. The van der Waals surface area contributed by atoms with Crippen molar-refractivity contribution >= 4 is 29.2 Å². The van der Waals surface area contributed by atoms with Crippen LogP contribution in [-0.4, -0.2) is 16.2 Å². The lowest BCUT2D eigenvalue weighted by molar-refractivity contribution is -0.147. The molecule has 0 aliphatic carbocycles. The summed E-state index contributed by atoms with van der Waals surface area (Å²) in [4.78, 5) is 10.7. The Morgan fingerprint density at radius 2 is 1.75 bits per heavy atom. The van der Waals surface area contributed by atoms with E-state index in [4.69, 9.17) is 28.3 Å². The number of aliphatic carboxylic acids is 1. The molecule has 0 aliphatic rings. The molecule has 2 N–H and O–H groups in total. The largest absolute Gasteiger partial charge is 0.479 e. The summed E-state index contributed by atoms with van der Waals surface area (Å²) in [5, 5.41) is 18.9. The maximum atomic E-state index is 14.3. The van der Waals surface area contributed by atoms with Crippen molar-refractivity contribution in [3.05, 3.63) is 57.8 Å². The summed E-state index contributed by atoms with van der Waals surface area (Å²) in [6.45, 7) is 0. The van der Waals surface area contributed by atoms with E-state index in [1.165, 1.54) is 36.4 Å². The highest BCUT2D eigenvalue weighted by molar-refractivity contribution is 6.35. The zero-order valence-electron chi connectivity index (χ0n) is 9.98. The topological polar surface area (TPSA) is 57.5 Å². The molecule has 2 aromatic rings. The summed E-state index contributed by atoms with van der Waals surface area (Å²) in [6, 6.07) is 8.62. The van der Waals surface area contributed by atoms with E-state index >= 15 is 0 Å². The van der Waals surface area contributed by atoms with Gasteiger partial charge in [-0.15, -0.1) is 0 Å². The summed E-state index contributed by atoms with van der Waals surface area (Å²) in [5.41, 5.74) is 0.206. The van der Waals surface area contributed by atoms with E-state index in [1.807, 2.05) is 0 Å². The van der Waals surface area contributed by atoms with E-state index in [0.717, 1.165) is 0 Å². The molecule has 3 nitrogen and oxygen atoms in total. The fourth-order valence-corrected chi connectivity index (χ4v) is 2.35. The van der Waals surface area contributed by atoms with E-state index in [9.17, 15) is 14.3 Å². The van der Waals surface area contributed by atoms with Gasteiger partial charge in [-0.3, -0.25) is 0 Å². The maximum Gasteiger partial charge on any atom is 0.337 e. The average molecular weight is 315 g/mol. The van der Waals surface area contributed by atoms with Gasteiger partial charge < -0.3 is 10.2 Å². The first kappa shape index (κ1) is 14.8. The molecule has 0 aliphatic heterocycles. The highest BCUT2D eigenvalue weighted by atomic mass is 35.5. The molecule has 0 saturated carbocycles. The van der Waals surface area contributed by atoms with E-state index in [1.54, 1.807) is 0 Å². The van der Waals surface area contributed by atoms with Gasteiger partial charge in [0, 0.05) is 21.2 Å². The molecule has 104 valence electrons. The number of carbonyl (C=O) groups is 1. The van der Waals surface area contributed by atoms with Gasteiger partial charge in [0.2, 0.25) is 0 Å². The monoisotopic (exact) mass is 314 g/mol. The zero-order chi connectivity index (χ0) is 14.9. The van der Waals surface area contributed by atoms with E-state index in [-0.39, 0.29) is 11.1 Å². The smallest absolute Gasteiger partial charge is 0.337 e. The average Bonchev–Trinajstić information content (AvgIpc) is 2.36. The van der Waals surface area contributed by atoms with Gasteiger partial charge in [-0.25, -0.2) is 9.18 Å². The van der Waals surface area contributed by atoms with Gasteiger partial charge in [-0.2, -0.15) is 0 Å². The number of rotatable bonds is 3. The molecule has 20 heavy (non-hydrogen) atoms. The second-order valence-corrected chi connectivity index (χ2v) is 4.98. The van der Waals surface area contributed by atoms with Crippen LogP contribution in [0.3, 0.4) is 0 Å². The minimum absolute atomic E-state index is 0.118. The van der Waals surface area contributed by atoms with Crippen molar-refractivity contribution < 1.29 is 19.4 Å². The minimum atomic E-state index is -1.93. The highest BCUT2D eigenvalue weighted by Crippen LogP contribution is 2.31. The van der Waals surface area contributed by atoms with Gasteiger partial charge in [0.05, 0.1) is 0 Å². The number of carboxylic acid groups (broad SMARTS) is 1. The molecular formula is C14H9Cl2FO3. The quantitative estimate of drug-likeness (QED) is 0.902.